The molecule has 3 aromatic heterocycles. The van der Waals surface area contributed by atoms with Gasteiger partial charge in [-0.1, -0.05) is 36.4 Å². The monoisotopic (exact) mass is 439 g/mol. The van der Waals surface area contributed by atoms with E-state index in [0.29, 0.717) is 16.3 Å². The Balaban J connectivity index is 1.56. The van der Waals surface area contributed by atoms with E-state index in [9.17, 15) is 9.59 Å². The lowest BCUT2D eigenvalue weighted by Gasteiger charge is -2.06. The van der Waals surface area contributed by atoms with Gasteiger partial charge in [-0.25, -0.2) is 4.98 Å². The first-order valence-electron chi connectivity index (χ1n) is 8.79. The molecule has 5 nitrogen and oxygen atoms in total. The van der Waals surface area contributed by atoms with Gasteiger partial charge in [0.05, 0.1) is 22.6 Å². The molecule has 1 aromatic carbocycles. The summed E-state index contributed by atoms with van der Waals surface area (Å²) in [5, 5.41) is 8.13. The number of primary amides is 1. The first-order chi connectivity index (χ1) is 14.0. The molecule has 0 saturated heterocycles. The zero-order chi connectivity index (χ0) is 20.4. The number of aromatic nitrogens is 1. The van der Waals surface area contributed by atoms with E-state index < -0.39 is 5.91 Å². The van der Waals surface area contributed by atoms with E-state index in [1.54, 1.807) is 11.3 Å². The molecule has 0 spiro atoms. The zero-order valence-electron chi connectivity index (χ0n) is 15.5. The Hall–Kier alpha value is -2.81. The van der Waals surface area contributed by atoms with Crippen molar-refractivity contribution in [3.05, 3.63) is 69.4 Å². The highest BCUT2D eigenvalue weighted by Gasteiger charge is 2.23. The lowest BCUT2D eigenvalue weighted by Crippen LogP contribution is -2.18. The number of carbonyl (C=O) groups excluding carboxylic acids is 2. The molecule has 0 radical (unpaired) electrons. The van der Waals surface area contributed by atoms with Crippen LogP contribution in [0.2, 0.25) is 0 Å². The van der Waals surface area contributed by atoms with E-state index in [4.69, 9.17) is 5.73 Å². The number of aryl methyl sites for hydroxylation is 1. The summed E-state index contributed by atoms with van der Waals surface area (Å²) in [6, 6.07) is 13.6. The van der Waals surface area contributed by atoms with Gasteiger partial charge in [-0.3, -0.25) is 9.59 Å². The summed E-state index contributed by atoms with van der Waals surface area (Å²) in [5.41, 5.74) is 8.38. The highest BCUT2D eigenvalue weighted by molar-refractivity contribution is 7.20. The summed E-state index contributed by atoms with van der Waals surface area (Å²) in [5.74, 6) is -0.784. The Morgan fingerprint density at radius 2 is 1.90 bits per heavy atom. The SMILES string of the molecule is Cc1sc(NC(=O)Cc2csc(-c3cccs3)n2)c(C(N)=O)c1-c1ccccc1. The Labute approximate surface area is 179 Å². The predicted octanol–water partition coefficient (Wildman–Crippen LogP) is 5.19. The quantitative estimate of drug-likeness (QED) is 0.434. The molecule has 0 aliphatic heterocycles. The van der Waals surface area contributed by atoms with Crippen molar-refractivity contribution >= 4 is 50.8 Å². The lowest BCUT2D eigenvalue weighted by molar-refractivity contribution is -0.115. The number of thiophene rings is 2. The molecule has 0 atom stereocenters. The molecule has 0 aliphatic rings. The Morgan fingerprint density at radius 3 is 2.59 bits per heavy atom. The Bertz CT molecular complexity index is 1160. The molecule has 29 heavy (non-hydrogen) atoms. The number of rotatable bonds is 6. The molecule has 8 heteroatoms. The Kier molecular flexibility index (Phi) is 5.57. The van der Waals surface area contributed by atoms with Gasteiger partial charge in [0.1, 0.15) is 10.0 Å². The van der Waals surface area contributed by atoms with Crippen LogP contribution in [0.4, 0.5) is 5.00 Å². The average Bonchev–Trinajstić information content (AvgIpc) is 3.42. The van der Waals surface area contributed by atoms with Gasteiger partial charge in [0, 0.05) is 15.8 Å². The van der Waals surface area contributed by atoms with Gasteiger partial charge >= 0.3 is 0 Å². The summed E-state index contributed by atoms with van der Waals surface area (Å²) in [7, 11) is 0. The number of anilines is 1. The van der Waals surface area contributed by atoms with Crippen molar-refractivity contribution in [1.82, 2.24) is 4.98 Å². The Morgan fingerprint density at radius 1 is 1.10 bits per heavy atom. The van der Waals surface area contributed by atoms with Crippen molar-refractivity contribution in [2.24, 2.45) is 5.73 Å². The second-order valence-corrected chi connectivity index (χ2v) is 9.34. The van der Waals surface area contributed by atoms with Crippen LogP contribution in [0.3, 0.4) is 0 Å². The molecule has 0 bridgehead atoms. The van der Waals surface area contributed by atoms with Gasteiger partial charge in [0.2, 0.25) is 5.91 Å². The van der Waals surface area contributed by atoms with Crippen molar-refractivity contribution in [1.29, 1.82) is 0 Å². The second-order valence-electron chi connectivity index (χ2n) is 6.31. The molecule has 3 heterocycles. The minimum absolute atomic E-state index is 0.137. The van der Waals surface area contributed by atoms with E-state index in [1.165, 1.54) is 22.7 Å². The minimum Gasteiger partial charge on any atom is -0.365 e. The molecule has 0 fully saturated rings. The molecule has 0 aliphatic carbocycles. The molecule has 4 aromatic rings. The predicted molar refractivity (Wildman–Crippen MR) is 121 cm³/mol. The molecular weight excluding hydrogens is 422 g/mol. The minimum atomic E-state index is -0.558. The molecule has 0 unspecified atom stereocenters. The maximum absolute atomic E-state index is 12.6. The van der Waals surface area contributed by atoms with Crippen LogP contribution in [-0.2, 0) is 11.2 Å². The summed E-state index contributed by atoms with van der Waals surface area (Å²) >= 11 is 4.49. The first-order valence-corrected chi connectivity index (χ1v) is 11.4. The molecule has 146 valence electrons. The number of carbonyl (C=O) groups is 2. The maximum atomic E-state index is 12.6. The van der Waals surface area contributed by atoms with Crippen LogP contribution in [-0.4, -0.2) is 16.8 Å². The smallest absolute Gasteiger partial charge is 0.252 e. The van der Waals surface area contributed by atoms with Crippen LogP contribution in [0.25, 0.3) is 21.0 Å². The largest absolute Gasteiger partial charge is 0.365 e. The summed E-state index contributed by atoms with van der Waals surface area (Å²) in [6.07, 6.45) is 0.137. The number of hydrogen-bond acceptors (Lipinski definition) is 6. The molecular formula is C21H17N3O2S3. The summed E-state index contributed by atoms with van der Waals surface area (Å²) in [6.45, 7) is 1.92. The van der Waals surface area contributed by atoms with Crippen LogP contribution in [0.5, 0.6) is 0 Å². The van der Waals surface area contributed by atoms with E-state index in [0.717, 1.165) is 25.9 Å². The summed E-state index contributed by atoms with van der Waals surface area (Å²) < 4.78 is 0. The fourth-order valence-corrected chi connectivity index (χ4v) is 5.79. The van der Waals surface area contributed by atoms with Crippen molar-refractivity contribution in [2.45, 2.75) is 13.3 Å². The van der Waals surface area contributed by atoms with Crippen molar-refractivity contribution in [3.63, 3.8) is 0 Å². The molecule has 3 N–H and O–H groups in total. The summed E-state index contributed by atoms with van der Waals surface area (Å²) in [4.78, 5) is 31.3. The number of nitrogens with zero attached hydrogens (tertiary/aromatic N) is 1. The van der Waals surface area contributed by atoms with Crippen LogP contribution in [0, 0.1) is 6.92 Å². The van der Waals surface area contributed by atoms with E-state index in [2.05, 4.69) is 10.3 Å². The van der Waals surface area contributed by atoms with Crippen LogP contribution in [0.15, 0.2) is 53.2 Å². The zero-order valence-corrected chi connectivity index (χ0v) is 17.9. The topological polar surface area (TPSA) is 85.1 Å². The standard InChI is InChI=1S/C21H17N3O2S3/c1-12-17(13-6-3-2-4-7-13)18(19(22)26)21(29-12)24-16(25)10-14-11-28-20(23-14)15-8-5-9-27-15/h2-9,11H,10H2,1H3,(H2,22,26)(H,24,25). The fourth-order valence-electron chi connectivity index (χ4n) is 3.06. The van der Waals surface area contributed by atoms with Gasteiger partial charge in [0.15, 0.2) is 0 Å². The van der Waals surface area contributed by atoms with Crippen LogP contribution >= 0.6 is 34.0 Å². The first kappa shape index (κ1) is 19.5. The molecule has 0 saturated carbocycles. The van der Waals surface area contributed by atoms with E-state index in [1.807, 2.05) is 60.1 Å². The van der Waals surface area contributed by atoms with Crippen molar-refractivity contribution in [3.8, 4) is 21.0 Å². The van der Waals surface area contributed by atoms with E-state index >= 15 is 0 Å². The highest BCUT2D eigenvalue weighted by Crippen LogP contribution is 2.39. The van der Waals surface area contributed by atoms with Crippen LogP contribution in [0.1, 0.15) is 20.9 Å². The van der Waals surface area contributed by atoms with Gasteiger partial charge in [-0.05, 0) is 23.9 Å². The third-order valence-electron chi connectivity index (χ3n) is 4.27. The second kappa shape index (κ2) is 8.28. The van der Waals surface area contributed by atoms with Crippen molar-refractivity contribution < 1.29 is 9.59 Å². The number of hydrogen-bond donors (Lipinski definition) is 2. The van der Waals surface area contributed by atoms with Gasteiger partial charge in [0.25, 0.3) is 5.91 Å². The third-order valence-corrected chi connectivity index (χ3v) is 7.22. The molecule has 2 amide bonds. The van der Waals surface area contributed by atoms with Gasteiger partial charge < -0.3 is 11.1 Å². The van der Waals surface area contributed by atoms with Crippen molar-refractivity contribution in [2.75, 3.05) is 5.32 Å². The fraction of sp³-hybridized carbons (Fsp3) is 0.0952. The van der Waals surface area contributed by atoms with Crippen LogP contribution < -0.4 is 11.1 Å². The van der Waals surface area contributed by atoms with E-state index in [-0.39, 0.29) is 12.3 Å². The number of amides is 2. The van der Waals surface area contributed by atoms with Gasteiger partial charge in [-0.15, -0.1) is 34.0 Å². The lowest BCUT2D eigenvalue weighted by atomic mass is 10.0. The normalized spacial score (nSPS) is 10.8. The number of nitrogens with one attached hydrogen (secondary N) is 1. The number of nitrogens with two attached hydrogens (primary N) is 1. The third kappa shape index (κ3) is 4.14. The average molecular weight is 440 g/mol. The maximum Gasteiger partial charge on any atom is 0.252 e. The van der Waals surface area contributed by atoms with Gasteiger partial charge in [-0.2, -0.15) is 0 Å². The number of benzene rings is 1. The number of thiazole rings is 1. The highest BCUT2D eigenvalue weighted by atomic mass is 32.1. The molecule has 4 rings (SSSR count).